The first kappa shape index (κ1) is 25.7. The normalized spacial score (nSPS) is 14.7. The SMILES string of the molecule is COc1ccc(N2C(=O)c3oc4ccc(Cl)cc4c(=O)c3C2c2ccc(OCCC(C)C)c(OC)c2)cc1. The van der Waals surface area contributed by atoms with Crippen LogP contribution in [-0.2, 0) is 0 Å². The van der Waals surface area contributed by atoms with Crippen LogP contribution in [0, 0.1) is 5.92 Å². The fourth-order valence-corrected chi connectivity index (χ4v) is 4.82. The van der Waals surface area contributed by atoms with Crippen molar-refractivity contribution in [1.29, 1.82) is 0 Å². The molecule has 1 amide bonds. The van der Waals surface area contributed by atoms with Crippen molar-refractivity contribution in [2.24, 2.45) is 5.92 Å². The van der Waals surface area contributed by atoms with E-state index in [1.165, 1.54) is 0 Å². The van der Waals surface area contributed by atoms with Gasteiger partial charge in [0.2, 0.25) is 5.76 Å². The van der Waals surface area contributed by atoms with Gasteiger partial charge in [-0.1, -0.05) is 31.5 Å². The lowest BCUT2D eigenvalue weighted by atomic mass is 9.97. The van der Waals surface area contributed by atoms with Gasteiger partial charge in [0.05, 0.1) is 37.8 Å². The second-order valence-corrected chi connectivity index (χ2v) is 9.97. The number of hydrogen-bond donors (Lipinski definition) is 0. The number of carbonyl (C=O) groups excluding carboxylic acids is 1. The number of carbonyl (C=O) groups is 1. The third-order valence-electron chi connectivity index (χ3n) is 6.64. The molecule has 0 spiro atoms. The predicted octanol–water partition coefficient (Wildman–Crippen LogP) is 6.64. The number of halogens is 1. The summed E-state index contributed by atoms with van der Waals surface area (Å²) in [6, 6.07) is 16.6. The number of anilines is 1. The zero-order chi connectivity index (χ0) is 27.0. The summed E-state index contributed by atoms with van der Waals surface area (Å²) in [6.45, 7) is 4.81. The highest BCUT2D eigenvalue weighted by Gasteiger charge is 2.44. The van der Waals surface area contributed by atoms with Gasteiger partial charge in [-0.15, -0.1) is 0 Å². The van der Waals surface area contributed by atoms with Crippen molar-refractivity contribution >= 4 is 34.2 Å². The third-order valence-corrected chi connectivity index (χ3v) is 6.87. The van der Waals surface area contributed by atoms with Gasteiger partial charge in [0, 0.05) is 10.7 Å². The van der Waals surface area contributed by atoms with Crippen molar-refractivity contribution in [2.45, 2.75) is 26.3 Å². The molecule has 1 aliphatic heterocycles. The smallest absolute Gasteiger partial charge is 0.295 e. The average molecular weight is 534 g/mol. The molecular weight excluding hydrogens is 506 g/mol. The predicted molar refractivity (Wildman–Crippen MR) is 147 cm³/mol. The fraction of sp³-hybridized carbons (Fsp3) is 0.267. The molecule has 196 valence electrons. The molecule has 0 fully saturated rings. The van der Waals surface area contributed by atoms with Gasteiger partial charge < -0.3 is 18.6 Å². The Bertz CT molecular complexity index is 1560. The molecule has 1 atom stereocenters. The average Bonchev–Trinajstić information content (AvgIpc) is 3.21. The molecule has 1 aromatic heterocycles. The third kappa shape index (κ3) is 4.58. The topological polar surface area (TPSA) is 78.2 Å². The summed E-state index contributed by atoms with van der Waals surface area (Å²) in [5, 5.41) is 0.716. The first-order chi connectivity index (χ1) is 18.3. The largest absolute Gasteiger partial charge is 0.497 e. The molecule has 7 nitrogen and oxygen atoms in total. The lowest BCUT2D eigenvalue weighted by Crippen LogP contribution is -2.29. The van der Waals surface area contributed by atoms with E-state index in [0.29, 0.717) is 57.0 Å². The molecule has 1 unspecified atom stereocenters. The summed E-state index contributed by atoms with van der Waals surface area (Å²) in [4.78, 5) is 29.2. The molecule has 0 bridgehead atoms. The fourth-order valence-electron chi connectivity index (χ4n) is 4.65. The van der Waals surface area contributed by atoms with Crippen molar-refractivity contribution in [3.63, 3.8) is 0 Å². The minimum atomic E-state index is -0.760. The molecule has 0 saturated carbocycles. The molecule has 8 heteroatoms. The van der Waals surface area contributed by atoms with Crippen LogP contribution in [0.25, 0.3) is 11.0 Å². The molecule has 0 saturated heterocycles. The van der Waals surface area contributed by atoms with Gasteiger partial charge in [-0.3, -0.25) is 14.5 Å². The Hall–Kier alpha value is -3.97. The maximum atomic E-state index is 13.8. The van der Waals surface area contributed by atoms with E-state index in [4.69, 9.17) is 30.2 Å². The van der Waals surface area contributed by atoms with Crippen LogP contribution in [0.4, 0.5) is 5.69 Å². The zero-order valence-electron chi connectivity index (χ0n) is 21.6. The molecule has 4 aromatic rings. The van der Waals surface area contributed by atoms with Crippen LogP contribution >= 0.6 is 11.6 Å². The lowest BCUT2D eigenvalue weighted by Gasteiger charge is -2.26. The Labute approximate surface area is 225 Å². The number of methoxy groups -OCH3 is 2. The molecule has 0 radical (unpaired) electrons. The van der Waals surface area contributed by atoms with E-state index in [2.05, 4.69) is 13.8 Å². The number of hydrogen-bond acceptors (Lipinski definition) is 6. The molecule has 3 aromatic carbocycles. The van der Waals surface area contributed by atoms with Gasteiger partial charge in [0.25, 0.3) is 5.91 Å². The van der Waals surface area contributed by atoms with Crippen LogP contribution < -0.4 is 24.5 Å². The molecule has 0 N–H and O–H groups in total. The van der Waals surface area contributed by atoms with E-state index in [-0.39, 0.29) is 16.8 Å². The van der Waals surface area contributed by atoms with Crippen molar-refractivity contribution in [2.75, 3.05) is 25.7 Å². The summed E-state index contributed by atoms with van der Waals surface area (Å²) in [7, 11) is 3.14. The van der Waals surface area contributed by atoms with E-state index in [9.17, 15) is 9.59 Å². The summed E-state index contributed by atoms with van der Waals surface area (Å²) >= 11 is 6.19. The van der Waals surface area contributed by atoms with Gasteiger partial charge in [-0.2, -0.15) is 0 Å². The Morgan fingerprint density at radius 1 is 0.947 bits per heavy atom. The molecule has 1 aliphatic rings. The minimum absolute atomic E-state index is 0.00173. The van der Waals surface area contributed by atoms with Crippen LogP contribution in [0.5, 0.6) is 17.2 Å². The first-order valence-corrected chi connectivity index (χ1v) is 12.7. The van der Waals surface area contributed by atoms with Crippen LogP contribution in [0.1, 0.15) is 48.0 Å². The minimum Gasteiger partial charge on any atom is -0.497 e. The van der Waals surface area contributed by atoms with Gasteiger partial charge >= 0.3 is 0 Å². The molecular formula is C30H28ClNO6. The molecule has 2 heterocycles. The summed E-state index contributed by atoms with van der Waals surface area (Å²) < 4.78 is 22.9. The Balaban J connectivity index is 1.68. The van der Waals surface area contributed by atoms with Gasteiger partial charge in [0.15, 0.2) is 16.9 Å². The van der Waals surface area contributed by atoms with Gasteiger partial charge in [-0.25, -0.2) is 0 Å². The second kappa shape index (κ2) is 10.4. The quantitative estimate of drug-likeness (QED) is 0.253. The Morgan fingerprint density at radius 2 is 1.71 bits per heavy atom. The monoisotopic (exact) mass is 533 g/mol. The highest BCUT2D eigenvalue weighted by atomic mass is 35.5. The van der Waals surface area contributed by atoms with Crippen LogP contribution in [0.2, 0.25) is 5.02 Å². The highest BCUT2D eigenvalue weighted by Crippen LogP contribution is 2.43. The maximum Gasteiger partial charge on any atom is 0.295 e. The number of nitrogens with zero attached hydrogens (tertiary/aromatic N) is 1. The first-order valence-electron chi connectivity index (χ1n) is 12.4. The van der Waals surface area contributed by atoms with Crippen molar-refractivity contribution in [1.82, 2.24) is 0 Å². The van der Waals surface area contributed by atoms with Crippen molar-refractivity contribution < 1.29 is 23.4 Å². The van der Waals surface area contributed by atoms with E-state index in [0.717, 1.165) is 6.42 Å². The summed E-state index contributed by atoms with van der Waals surface area (Å²) in [5.74, 6) is 1.84. The molecule has 38 heavy (non-hydrogen) atoms. The van der Waals surface area contributed by atoms with Gasteiger partial charge in [-0.05, 0) is 72.5 Å². The number of rotatable bonds is 8. The zero-order valence-corrected chi connectivity index (χ0v) is 22.4. The van der Waals surface area contributed by atoms with Crippen molar-refractivity contribution in [3.8, 4) is 17.2 Å². The van der Waals surface area contributed by atoms with E-state index in [1.807, 2.05) is 12.1 Å². The Kier molecular flexibility index (Phi) is 7.04. The standard InChI is InChI=1S/C30H28ClNO6/c1-17(2)13-14-37-24-11-5-18(15-25(24)36-4)27-26-28(33)22-16-19(31)6-12-23(22)38-29(26)30(34)32(27)20-7-9-21(35-3)10-8-20/h5-12,15-17,27H,13-14H2,1-4H3. The highest BCUT2D eigenvalue weighted by molar-refractivity contribution is 6.31. The maximum absolute atomic E-state index is 13.8. The van der Waals surface area contributed by atoms with Crippen LogP contribution in [-0.4, -0.2) is 26.7 Å². The Morgan fingerprint density at radius 3 is 2.39 bits per heavy atom. The molecule has 0 aliphatic carbocycles. The lowest BCUT2D eigenvalue weighted by molar-refractivity contribution is 0.0971. The van der Waals surface area contributed by atoms with E-state index >= 15 is 0 Å². The van der Waals surface area contributed by atoms with Crippen molar-refractivity contribution in [3.05, 3.63) is 92.8 Å². The second-order valence-electron chi connectivity index (χ2n) is 9.53. The summed E-state index contributed by atoms with van der Waals surface area (Å²) in [6.07, 6.45) is 0.900. The summed E-state index contributed by atoms with van der Waals surface area (Å²) in [5.41, 5.74) is 1.50. The molecule has 5 rings (SSSR count). The van der Waals surface area contributed by atoms with Crippen LogP contribution in [0.3, 0.4) is 0 Å². The van der Waals surface area contributed by atoms with E-state index < -0.39 is 11.9 Å². The number of fused-ring (bicyclic) bond motifs is 2. The number of benzene rings is 3. The number of amides is 1. The van der Waals surface area contributed by atoms with Gasteiger partial charge in [0.1, 0.15) is 11.3 Å². The van der Waals surface area contributed by atoms with Crippen LogP contribution in [0.15, 0.2) is 69.9 Å². The van der Waals surface area contributed by atoms with E-state index in [1.54, 1.807) is 67.7 Å². The number of ether oxygens (including phenoxy) is 3.